The highest BCUT2D eigenvalue weighted by molar-refractivity contribution is 5.42. The van der Waals surface area contributed by atoms with Crippen LogP contribution in [0.4, 0.5) is 0 Å². The maximum Gasteiger partial charge on any atom is 0.0434 e. The van der Waals surface area contributed by atoms with Gasteiger partial charge >= 0.3 is 0 Å². The molecule has 1 saturated carbocycles. The van der Waals surface area contributed by atoms with Gasteiger partial charge in [0, 0.05) is 6.61 Å². The van der Waals surface area contributed by atoms with Gasteiger partial charge in [-0.2, -0.15) is 0 Å². The normalized spacial score (nSPS) is 33.4. The second kappa shape index (κ2) is 3.09. The Morgan fingerprint density at radius 1 is 1.07 bits per heavy atom. The van der Waals surface area contributed by atoms with Crippen molar-refractivity contribution in [1.29, 1.82) is 0 Å². The molecular formula is C13H16O. The van der Waals surface area contributed by atoms with Crippen LogP contribution in [0.15, 0.2) is 24.3 Å². The van der Waals surface area contributed by atoms with Crippen LogP contribution in [0.3, 0.4) is 0 Å². The lowest BCUT2D eigenvalue weighted by Gasteiger charge is -2.13. The molecule has 2 unspecified atom stereocenters. The lowest BCUT2D eigenvalue weighted by atomic mass is 9.92. The zero-order valence-electron chi connectivity index (χ0n) is 8.32. The van der Waals surface area contributed by atoms with Gasteiger partial charge in [0.25, 0.3) is 0 Å². The van der Waals surface area contributed by atoms with Crippen molar-refractivity contribution in [2.75, 3.05) is 6.61 Å². The molecule has 1 fully saturated rings. The first-order chi connectivity index (χ1) is 6.92. The molecule has 0 heterocycles. The van der Waals surface area contributed by atoms with Crippen molar-refractivity contribution in [1.82, 2.24) is 0 Å². The molecule has 2 aliphatic carbocycles. The number of fused-ring (bicyclic) bond motifs is 5. The van der Waals surface area contributed by atoms with Crippen molar-refractivity contribution in [3.05, 3.63) is 35.4 Å². The number of rotatable bonds is 2. The molecule has 0 aromatic heterocycles. The first-order valence-corrected chi connectivity index (χ1v) is 5.61. The smallest absolute Gasteiger partial charge is 0.0434 e. The van der Waals surface area contributed by atoms with E-state index in [0.29, 0.717) is 6.61 Å². The molecule has 1 heteroatoms. The standard InChI is InChI=1S/C13H16O/c14-8-7-13-11-5-6-12(13)10-4-2-1-3-9(10)11/h1-4,11-14H,5-8H2. The summed E-state index contributed by atoms with van der Waals surface area (Å²) in [4.78, 5) is 0. The SMILES string of the molecule is OCCC1C2CCC1c1ccccc12. The van der Waals surface area contributed by atoms with E-state index >= 15 is 0 Å². The van der Waals surface area contributed by atoms with Crippen LogP contribution in [0.1, 0.15) is 42.2 Å². The quantitative estimate of drug-likeness (QED) is 0.756. The second-order valence-corrected chi connectivity index (χ2v) is 4.60. The lowest BCUT2D eigenvalue weighted by molar-refractivity contribution is 0.249. The van der Waals surface area contributed by atoms with Crippen LogP contribution in [0.2, 0.25) is 0 Å². The average molecular weight is 188 g/mol. The Kier molecular flexibility index (Phi) is 1.88. The summed E-state index contributed by atoms with van der Waals surface area (Å²) >= 11 is 0. The summed E-state index contributed by atoms with van der Waals surface area (Å²) in [5.41, 5.74) is 3.14. The highest BCUT2D eigenvalue weighted by Crippen LogP contribution is 2.57. The fourth-order valence-electron chi connectivity index (χ4n) is 3.58. The number of aliphatic hydroxyl groups is 1. The molecule has 14 heavy (non-hydrogen) atoms. The van der Waals surface area contributed by atoms with Gasteiger partial charge in [0.15, 0.2) is 0 Å². The molecule has 74 valence electrons. The van der Waals surface area contributed by atoms with E-state index in [4.69, 9.17) is 5.11 Å². The maximum atomic E-state index is 9.07. The van der Waals surface area contributed by atoms with Crippen molar-refractivity contribution >= 4 is 0 Å². The maximum absolute atomic E-state index is 9.07. The summed E-state index contributed by atoms with van der Waals surface area (Å²) in [6.45, 7) is 0.353. The summed E-state index contributed by atoms with van der Waals surface area (Å²) in [5.74, 6) is 2.24. The molecule has 0 radical (unpaired) electrons. The fraction of sp³-hybridized carbons (Fsp3) is 0.538. The largest absolute Gasteiger partial charge is 0.396 e. The van der Waals surface area contributed by atoms with Crippen LogP contribution in [-0.2, 0) is 0 Å². The van der Waals surface area contributed by atoms with Crippen LogP contribution < -0.4 is 0 Å². The molecule has 2 aliphatic rings. The Bertz CT molecular complexity index is 314. The molecule has 0 aliphatic heterocycles. The van der Waals surface area contributed by atoms with Crippen molar-refractivity contribution in [2.24, 2.45) is 5.92 Å². The third-order valence-electron chi connectivity index (χ3n) is 4.08. The van der Waals surface area contributed by atoms with Crippen molar-refractivity contribution in [2.45, 2.75) is 31.1 Å². The molecule has 1 N–H and O–H groups in total. The minimum absolute atomic E-state index is 0.353. The predicted molar refractivity (Wildman–Crippen MR) is 56.4 cm³/mol. The Balaban J connectivity index is 2.00. The average Bonchev–Trinajstić information content (AvgIpc) is 2.75. The van der Waals surface area contributed by atoms with E-state index in [0.717, 1.165) is 24.2 Å². The number of hydrogen-bond donors (Lipinski definition) is 1. The molecule has 3 rings (SSSR count). The van der Waals surface area contributed by atoms with E-state index in [2.05, 4.69) is 24.3 Å². The van der Waals surface area contributed by atoms with Crippen LogP contribution in [0.5, 0.6) is 0 Å². The predicted octanol–water partition coefficient (Wildman–Crippen LogP) is 2.66. The molecule has 1 aromatic rings. The van der Waals surface area contributed by atoms with E-state index in [1.807, 2.05) is 0 Å². The fourth-order valence-corrected chi connectivity index (χ4v) is 3.58. The minimum atomic E-state index is 0.353. The summed E-state index contributed by atoms with van der Waals surface area (Å²) in [6.07, 6.45) is 3.67. The summed E-state index contributed by atoms with van der Waals surface area (Å²) < 4.78 is 0. The third-order valence-corrected chi connectivity index (χ3v) is 4.08. The second-order valence-electron chi connectivity index (χ2n) is 4.60. The van der Waals surface area contributed by atoms with Crippen molar-refractivity contribution < 1.29 is 5.11 Å². The zero-order chi connectivity index (χ0) is 9.54. The first kappa shape index (κ1) is 8.49. The molecule has 0 spiro atoms. The van der Waals surface area contributed by atoms with Crippen LogP contribution in [-0.4, -0.2) is 11.7 Å². The zero-order valence-corrected chi connectivity index (χ0v) is 8.32. The van der Waals surface area contributed by atoms with Crippen LogP contribution in [0, 0.1) is 5.92 Å². The van der Waals surface area contributed by atoms with Crippen molar-refractivity contribution in [3.8, 4) is 0 Å². The topological polar surface area (TPSA) is 20.2 Å². The molecule has 2 bridgehead atoms. The Hall–Kier alpha value is -0.820. The van der Waals surface area contributed by atoms with Gasteiger partial charge in [-0.1, -0.05) is 24.3 Å². The lowest BCUT2D eigenvalue weighted by Crippen LogP contribution is -2.05. The Morgan fingerprint density at radius 3 is 2.14 bits per heavy atom. The van der Waals surface area contributed by atoms with Gasteiger partial charge < -0.3 is 5.11 Å². The summed E-state index contributed by atoms with van der Waals surface area (Å²) in [5, 5.41) is 9.07. The van der Waals surface area contributed by atoms with E-state index in [1.165, 1.54) is 12.8 Å². The minimum Gasteiger partial charge on any atom is -0.396 e. The number of hydrogen-bond acceptors (Lipinski definition) is 1. The van der Waals surface area contributed by atoms with Gasteiger partial charge in [0.2, 0.25) is 0 Å². The monoisotopic (exact) mass is 188 g/mol. The Labute approximate surface area is 84.8 Å². The molecule has 0 amide bonds. The Morgan fingerprint density at radius 2 is 1.64 bits per heavy atom. The molecular weight excluding hydrogens is 172 g/mol. The molecule has 2 atom stereocenters. The van der Waals surface area contributed by atoms with E-state index in [1.54, 1.807) is 11.1 Å². The third kappa shape index (κ3) is 0.992. The van der Waals surface area contributed by atoms with Gasteiger partial charge in [-0.05, 0) is 48.1 Å². The molecule has 0 saturated heterocycles. The van der Waals surface area contributed by atoms with Crippen LogP contribution >= 0.6 is 0 Å². The van der Waals surface area contributed by atoms with Crippen LogP contribution in [0.25, 0.3) is 0 Å². The highest BCUT2D eigenvalue weighted by Gasteiger charge is 2.44. The molecule has 1 nitrogen and oxygen atoms in total. The van der Waals surface area contributed by atoms with E-state index in [9.17, 15) is 0 Å². The summed E-state index contributed by atoms with van der Waals surface area (Å²) in [7, 11) is 0. The van der Waals surface area contributed by atoms with Gasteiger partial charge in [-0.25, -0.2) is 0 Å². The van der Waals surface area contributed by atoms with Gasteiger partial charge in [-0.15, -0.1) is 0 Å². The van der Waals surface area contributed by atoms with Gasteiger partial charge in [-0.3, -0.25) is 0 Å². The van der Waals surface area contributed by atoms with E-state index < -0.39 is 0 Å². The number of aliphatic hydroxyl groups excluding tert-OH is 1. The van der Waals surface area contributed by atoms with Crippen molar-refractivity contribution in [3.63, 3.8) is 0 Å². The first-order valence-electron chi connectivity index (χ1n) is 5.61. The van der Waals surface area contributed by atoms with E-state index in [-0.39, 0.29) is 0 Å². The van der Waals surface area contributed by atoms with Gasteiger partial charge in [0.05, 0.1) is 0 Å². The van der Waals surface area contributed by atoms with Gasteiger partial charge in [0.1, 0.15) is 0 Å². The molecule has 1 aromatic carbocycles. The number of benzene rings is 1. The summed E-state index contributed by atoms with van der Waals surface area (Å²) in [6, 6.07) is 8.86. The highest BCUT2D eigenvalue weighted by atomic mass is 16.3.